The highest BCUT2D eigenvalue weighted by Crippen LogP contribution is 2.14. The predicted octanol–water partition coefficient (Wildman–Crippen LogP) is 2.15. The SMILES string of the molecule is C=CCCOC(=O)C(C)(C)C. The lowest BCUT2D eigenvalue weighted by atomic mass is 9.97. The van der Waals surface area contributed by atoms with Gasteiger partial charge in [-0.2, -0.15) is 0 Å². The highest BCUT2D eigenvalue weighted by molar-refractivity contribution is 5.75. The van der Waals surface area contributed by atoms with Crippen LogP contribution in [0.5, 0.6) is 0 Å². The molecule has 0 saturated heterocycles. The minimum Gasteiger partial charge on any atom is -0.465 e. The van der Waals surface area contributed by atoms with Gasteiger partial charge in [-0.05, 0) is 27.2 Å². The Balaban J connectivity index is 3.62. The first-order chi connectivity index (χ1) is 4.98. The molecule has 0 aromatic carbocycles. The smallest absolute Gasteiger partial charge is 0.311 e. The van der Waals surface area contributed by atoms with Crippen molar-refractivity contribution in [2.45, 2.75) is 27.2 Å². The van der Waals surface area contributed by atoms with Crippen LogP contribution in [-0.2, 0) is 9.53 Å². The zero-order chi connectivity index (χ0) is 8.91. The summed E-state index contributed by atoms with van der Waals surface area (Å²) in [6.07, 6.45) is 2.46. The van der Waals surface area contributed by atoms with E-state index in [1.807, 2.05) is 20.8 Å². The molecule has 0 radical (unpaired) electrons. The number of rotatable bonds is 3. The van der Waals surface area contributed by atoms with E-state index < -0.39 is 0 Å². The highest BCUT2D eigenvalue weighted by atomic mass is 16.5. The van der Waals surface area contributed by atoms with Gasteiger partial charge in [0.15, 0.2) is 0 Å². The fourth-order valence-corrected chi connectivity index (χ4v) is 0.451. The second-order valence-corrected chi connectivity index (χ2v) is 3.46. The third kappa shape index (κ3) is 4.59. The van der Waals surface area contributed by atoms with Crippen LogP contribution in [0.25, 0.3) is 0 Å². The van der Waals surface area contributed by atoms with Gasteiger partial charge in [-0.1, -0.05) is 6.08 Å². The average Bonchev–Trinajstić information content (AvgIpc) is 1.86. The minimum absolute atomic E-state index is 0.153. The van der Waals surface area contributed by atoms with E-state index in [9.17, 15) is 4.79 Å². The van der Waals surface area contributed by atoms with Crippen LogP contribution in [0.1, 0.15) is 27.2 Å². The van der Waals surface area contributed by atoms with E-state index in [0.29, 0.717) is 6.61 Å². The maximum absolute atomic E-state index is 11.1. The number of ether oxygens (including phenoxy) is 1. The molecule has 0 atom stereocenters. The Morgan fingerprint density at radius 2 is 2.09 bits per heavy atom. The summed E-state index contributed by atoms with van der Waals surface area (Å²) in [4.78, 5) is 11.1. The standard InChI is InChI=1S/C9H16O2/c1-5-6-7-11-8(10)9(2,3)4/h5H,1,6-7H2,2-4H3. The van der Waals surface area contributed by atoms with Crippen molar-refractivity contribution >= 4 is 5.97 Å². The van der Waals surface area contributed by atoms with Gasteiger partial charge in [0, 0.05) is 0 Å². The van der Waals surface area contributed by atoms with E-state index in [4.69, 9.17) is 4.74 Å². The Labute approximate surface area is 68.2 Å². The number of carbonyl (C=O) groups is 1. The van der Waals surface area contributed by atoms with Crippen LogP contribution in [0, 0.1) is 5.41 Å². The molecule has 0 amide bonds. The third-order valence-corrected chi connectivity index (χ3v) is 1.17. The molecule has 0 aromatic rings. The van der Waals surface area contributed by atoms with E-state index in [1.54, 1.807) is 6.08 Å². The van der Waals surface area contributed by atoms with Crippen molar-refractivity contribution in [2.24, 2.45) is 5.41 Å². The van der Waals surface area contributed by atoms with Crippen LogP contribution >= 0.6 is 0 Å². The van der Waals surface area contributed by atoms with Gasteiger partial charge < -0.3 is 4.74 Å². The van der Waals surface area contributed by atoms with Gasteiger partial charge in [-0.25, -0.2) is 0 Å². The molecule has 2 heteroatoms. The number of carbonyl (C=O) groups excluding carboxylic acids is 1. The Hall–Kier alpha value is -0.790. The first kappa shape index (κ1) is 10.2. The monoisotopic (exact) mass is 156 g/mol. The summed E-state index contributed by atoms with van der Waals surface area (Å²) in [5.74, 6) is -0.153. The highest BCUT2D eigenvalue weighted by Gasteiger charge is 2.22. The minimum atomic E-state index is -0.388. The van der Waals surface area contributed by atoms with Crippen molar-refractivity contribution in [2.75, 3.05) is 6.61 Å². The molecule has 0 aliphatic rings. The van der Waals surface area contributed by atoms with E-state index >= 15 is 0 Å². The Morgan fingerprint density at radius 1 is 1.55 bits per heavy atom. The third-order valence-electron chi connectivity index (χ3n) is 1.17. The Kier molecular flexibility index (Phi) is 3.86. The summed E-state index contributed by atoms with van der Waals surface area (Å²) < 4.78 is 4.94. The molecule has 0 aliphatic heterocycles. The second kappa shape index (κ2) is 4.16. The molecule has 0 spiro atoms. The fourth-order valence-electron chi connectivity index (χ4n) is 0.451. The summed E-state index contributed by atoms with van der Waals surface area (Å²) in [6, 6.07) is 0. The van der Waals surface area contributed by atoms with Crippen LogP contribution < -0.4 is 0 Å². The molecule has 0 saturated carbocycles. The summed E-state index contributed by atoms with van der Waals surface area (Å²) in [5, 5.41) is 0. The van der Waals surface area contributed by atoms with E-state index in [0.717, 1.165) is 6.42 Å². The molecule has 64 valence electrons. The maximum Gasteiger partial charge on any atom is 0.311 e. The fraction of sp³-hybridized carbons (Fsp3) is 0.667. The maximum atomic E-state index is 11.1. The first-order valence-corrected chi connectivity index (χ1v) is 3.76. The van der Waals surface area contributed by atoms with Crippen LogP contribution in [-0.4, -0.2) is 12.6 Å². The van der Waals surface area contributed by atoms with Crippen molar-refractivity contribution in [1.29, 1.82) is 0 Å². The zero-order valence-corrected chi connectivity index (χ0v) is 7.52. The van der Waals surface area contributed by atoms with Gasteiger partial charge in [-0.15, -0.1) is 6.58 Å². The topological polar surface area (TPSA) is 26.3 Å². The average molecular weight is 156 g/mol. The normalized spacial score (nSPS) is 10.8. The van der Waals surface area contributed by atoms with E-state index in [1.165, 1.54) is 0 Å². The summed E-state index contributed by atoms with van der Waals surface area (Å²) in [7, 11) is 0. The van der Waals surface area contributed by atoms with Crippen LogP contribution in [0.15, 0.2) is 12.7 Å². The zero-order valence-electron chi connectivity index (χ0n) is 7.52. The lowest BCUT2D eigenvalue weighted by Crippen LogP contribution is -2.23. The molecule has 0 unspecified atom stereocenters. The molecule has 0 bridgehead atoms. The second-order valence-electron chi connectivity index (χ2n) is 3.46. The molecule has 11 heavy (non-hydrogen) atoms. The van der Waals surface area contributed by atoms with Gasteiger partial charge in [0.05, 0.1) is 12.0 Å². The van der Waals surface area contributed by atoms with Crippen LogP contribution in [0.3, 0.4) is 0 Å². The lowest BCUT2D eigenvalue weighted by molar-refractivity contribution is -0.152. The summed E-state index contributed by atoms with van der Waals surface area (Å²) in [6.45, 7) is 9.48. The molecule has 0 heterocycles. The van der Waals surface area contributed by atoms with Crippen molar-refractivity contribution in [3.63, 3.8) is 0 Å². The molecule has 0 aliphatic carbocycles. The number of hydrogen-bond acceptors (Lipinski definition) is 2. The van der Waals surface area contributed by atoms with E-state index in [-0.39, 0.29) is 11.4 Å². The number of hydrogen-bond donors (Lipinski definition) is 0. The largest absolute Gasteiger partial charge is 0.465 e. The van der Waals surface area contributed by atoms with E-state index in [2.05, 4.69) is 6.58 Å². The molecular formula is C9H16O2. The van der Waals surface area contributed by atoms with Crippen molar-refractivity contribution in [1.82, 2.24) is 0 Å². The molecule has 0 fully saturated rings. The van der Waals surface area contributed by atoms with Gasteiger partial charge in [-0.3, -0.25) is 4.79 Å². The summed E-state index contributed by atoms with van der Waals surface area (Å²) >= 11 is 0. The molecule has 2 nitrogen and oxygen atoms in total. The van der Waals surface area contributed by atoms with Gasteiger partial charge in [0.25, 0.3) is 0 Å². The van der Waals surface area contributed by atoms with Crippen molar-refractivity contribution < 1.29 is 9.53 Å². The van der Waals surface area contributed by atoms with Gasteiger partial charge in [0.2, 0.25) is 0 Å². The van der Waals surface area contributed by atoms with Gasteiger partial charge in [0.1, 0.15) is 0 Å². The quantitative estimate of drug-likeness (QED) is 0.355. The number of esters is 1. The Morgan fingerprint density at radius 3 is 2.45 bits per heavy atom. The molecule has 0 rings (SSSR count). The Bertz CT molecular complexity index is 142. The summed E-state index contributed by atoms with van der Waals surface area (Å²) in [5.41, 5.74) is -0.388. The van der Waals surface area contributed by atoms with Crippen molar-refractivity contribution in [3.8, 4) is 0 Å². The molecule has 0 aromatic heterocycles. The van der Waals surface area contributed by atoms with Crippen LogP contribution in [0.2, 0.25) is 0 Å². The van der Waals surface area contributed by atoms with Crippen molar-refractivity contribution in [3.05, 3.63) is 12.7 Å². The van der Waals surface area contributed by atoms with Gasteiger partial charge >= 0.3 is 5.97 Å². The molecule has 0 N–H and O–H groups in total. The predicted molar refractivity (Wildman–Crippen MR) is 45.2 cm³/mol. The van der Waals surface area contributed by atoms with Crippen LogP contribution in [0.4, 0.5) is 0 Å². The molecular weight excluding hydrogens is 140 g/mol. The lowest BCUT2D eigenvalue weighted by Gasteiger charge is -2.15. The first-order valence-electron chi connectivity index (χ1n) is 3.76.